The van der Waals surface area contributed by atoms with Crippen LogP contribution in [-0.2, 0) is 0 Å². The Balaban J connectivity index is 2.68. The Labute approximate surface area is 81.9 Å². The van der Waals surface area contributed by atoms with Gasteiger partial charge in [0.05, 0.1) is 6.10 Å². The molecular weight excluding hydrogens is 195 g/mol. The first-order chi connectivity index (χ1) is 5.74. The van der Waals surface area contributed by atoms with Gasteiger partial charge < -0.3 is 5.11 Å². The molecule has 1 N–H and O–H groups in total. The Hall–Kier alpha value is -0.240. The van der Waals surface area contributed by atoms with Gasteiger partial charge in [-0.3, -0.25) is 0 Å². The molecule has 66 valence electrons. The summed E-state index contributed by atoms with van der Waals surface area (Å²) >= 11 is 11.2. The summed E-state index contributed by atoms with van der Waals surface area (Å²) < 4.78 is 0. The van der Waals surface area contributed by atoms with Gasteiger partial charge in [0.1, 0.15) is 0 Å². The molecule has 1 atom stereocenters. The standard InChI is InChI=1S/C9H10Cl2O/c10-6-5-9(12)7-1-3-8(11)4-2-7/h1-4,9,12H,5-6H2. The Morgan fingerprint density at radius 1 is 1.25 bits per heavy atom. The van der Waals surface area contributed by atoms with E-state index in [9.17, 15) is 5.11 Å². The molecule has 0 spiro atoms. The van der Waals surface area contributed by atoms with Crippen molar-refractivity contribution < 1.29 is 5.11 Å². The maximum atomic E-state index is 9.48. The fourth-order valence-electron chi connectivity index (χ4n) is 0.955. The third kappa shape index (κ3) is 2.67. The van der Waals surface area contributed by atoms with E-state index in [4.69, 9.17) is 23.2 Å². The van der Waals surface area contributed by atoms with Gasteiger partial charge in [0.2, 0.25) is 0 Å². The van der Waals surface area contributed by atoms with E-state index in [0.717, 1.165) is 5.56 Å². The van der Waals surface area contributed by atoms with Crippen molar-refractivity contribution in [2.24, 2.45) is 0 Å². The zero-order chi connectivity index (χ0) is 8.97. The summed E-state index contributed by atoms with van der Waals surface area (Å²) in [5, 5.41) is 10.2. The third-order valence-corrected chi connectivity index (χ3v) is 2.11. The van der Waals surface area contributed by atoms with Crippen molar-refractivity contribution >= 4 is 23.2 Å². The van der Waals surface area contributed by atoms with E-state index >= 15 is 0 Å². The van der Waals surface area contributed by atoms with Gasteiger partial charge in [-0.1, -0.05) is 23.7 Å². The summed E-state index contributed by atoms with van der Waals surface area (Å²) in [6.07, 6.45) is 0.100. The number of aliphatic hydroxyl groups is 1. The maximum absolute atomic E-state index is 9.48. The van der Waals surface area contributed by atoms with Crippen LogP contribution in [0.5, 0.6) is 0 Å². The molecule has 0 saturated heterocycles. The van der Waals surface area contributed by atoms with Crippen molar-refractivity contribution in [1.29, 1.82) is 0 Å². The largest absolute Gasteiger partial charge is 0.388 e. The number of halogens is 2. The van der Waals surface area contributed by atoms with Crippen molar-refractivity contribution in [3.63, 3.8) is 0 Å². The Kier molecular flexibility index (Phi) is 3.86. The minimum atomic E-state index is -0.472. The van der Waals surface area contributed by atoms with E-state index in [-0.39, 0.29) is 0 Å². The molecule has 0 saturated carbocycles. The van der Waals surface area contributed by atoms with Gasteiger partial charge in [-0.05, 0) is 24.1 Å². The van der Waals surface area contributed by atoms with E-state index in [1.807, 2.05) is 0 Å². The van der Waals surface area contributed by atoms with Gasteiger partial charge in [-0.2, -0.15) is 0 Å². The highest BCUT2D eigenvalue weighted by molar-refractivity contribution is 6.30. The topological polar surface area (TPSA) is 20.2 Å². The summed E-state index contributed by atoms with van der Waals surface area (Å²) in [5.41, 5.74) is 0.861. The zero-order valence-corrected chi connectivity index (χ0v) is 8.02. The first-order valence-corrected chi connectivity index (χ1v) is 4.65. The van der Waals surface area contributed by atoms with Crippen LogP contribution in [-0.4, -0.2) is 11.0 Å². The van der Waals surface area contributed by atoms with E-state index in [2.05, 4.69) is 0 Å². The van der Waals surface area contributed by atoms with Crippen LogP contribution in [0.25, 0.3) is 0 Å². The molecule has 0 aromatic heterocycles. The van der Waals surface area contributed by atoms with E-state index < -0.39 is 6.10 Å². The van der Waals surface area contributed by atoms with Crippen molar-refractivity contribution in [3.05, 3.63) is 34.9 Å². The Morgan fingerprint density at radius 3 is 2.33 bits per heavy atom. The molecule has 0 heterocycles. The summed E-state index contributed by atoms with van der Waals surface area (Å²) in [4.78, 5) is 0. The number of aliphatic hydroxyl groups excluding tert-OH is 1. The van der Waals surface area contributed by atoms with Gasteiger partial charge in [-0.25, -0.2) is 0 Å². The summed E-state index contributed by atoms with van der Waals surface area (Å²) in [5.74, 6) is 0.462. The molecule has 0 aliphatic carbocycles. The third-order valence-electron chi connectivity index (χ3n) is 1.64. The quantitative estimate of drug-likeness (QED) is 0.752. The molecule has 0 radical (unpaired) electrons. The SMILES string of the molecule is OC(CCCl)c1ccc(Cl)cc1. The van der Waals surface area contributed by atoms with Crippen LogP contribution in [0.4, 0.5) is 0 Å². The lowest BCUT2D eigenvalue weighted by Gasteiger charge is -2.08. The highest BCUT2D eigenvalue weighted by Crippen LogP contribution is 2.19. The predicted molar refractivity (Wildman–Crippen MR) is 51.7 cm³/mol. The second kappa shape index (κ2) is 4.70. The molecule has 0 aliphatic rings. The van der Waals surface area contributed by atoms with Crippen molar-refractivity contribution in [1.82, 2.24) is 0 Å². The summed E-state index contributed by atoms with van der Waals surface area (Å²) in [6, 6.07) is 7.13. The molecule has 0 bridgehead atoms. The highest BCUT2D eigenvalue weighted by atomic mass is 35.5. The normalized spacial score (nSPS) is 12.9. The van der Waals surface area contributed by atoms with Crippen LogP contribution in [0.3, 0.4) is 0 Å². The van der Waals surface area contributed by atoms with E-state index in [0.29, 0.717) is 17.3 Å². The molecule has 0 fully saturated rings. The van der Waals surface area contributed by atoms with E-state index in [1.54, 1.807) is 24.3 Å². The molecule has 1 rings (SSSR count). The molecule has 12 heavy (non-hydrogen) atoms. The maximum Gasteiger partial charge on any atom is 0.0801 e. The average Bonchev–Trinajstić information content (AvgIpc) is 2.06. The second-order valence-corrected chi connectivity index (χ2v) is 3.36. The lowest BCUT2D eigenvalue weighted by Crippen LogP contribution is -1.97. The molecule has 0 aliphatic heterocycles. The molecular formula is C9H10Cl2O. The smallest absolute Gasteiger partial charge is 0.0801 e. The van der Waals surface area contributed by atoms with E-state index in [1.165, 1.54) is 0 Å². The minimum absolute atomic E-state index is 0.462. The number of rotatable bonds is 3. The molecule has 1 aromatic rings. The average molecular weight is 205 g/mol. The molecule has 3 heteroatoms. The predicted octanol–water partition coefficient (Wildman–Crippen LogP) is 3.00. The monoisotopic (exact) mass is 204 g/mol. The van der Waals surface area contributed by atoms with Gasteiger partial charge in [0.15, 0.2) is 0 Å². The molecule has 1 aromatic carbocycles. The van der Waals surface area contributed by atoms with Crippen LogP contribution in [0.15, 0.2) is 24.3 Å². The minimum Gasteiger partial charge on any atom is -0.388 e. The second-order valence-electron chi connectivity index (χ2n) is 2.55. The van der Waals surface area contributed by atoms with Gasteiger partial charge in [0.25, 0.3) is 0 Å². The van der Waals surface area contributed by atoms with Gasteiger partial charge in [-0.15, -0.1) is 11.6 Å². The number of alkyl halides is 1. The molecule has 1 nitrogen and oxygen atoms in total. The van der Waals surface area contributed by atoms with Crippen LogP contribution in [0.1, 0.15) is 18.1 Å². The molecule has 0 amide bonds. The van der Waals surface area contributed by atoms with Crippen LogP contribution < -0.4 is 0 Å². The van der Waals surface area contributed by atoms with Crippen molar-refractivity contribution in [2.75, 3.05) is 5.88 Å². The summed E-state index contributed by atoms with van der Waals surface area (Å²) in [6.45, 7) is 0. The fraction of sp³-hybridized carbons (Fsp3) is 0.333. The van der Waals surface area contributed by atoms with Crippen molar-refractivity contribution in [3.8, 4) is 0 Å². The van der Waals surface area contributed by atoms with Crippen LogP contribution >= 0.6 is 23.2 Å². The lowest BCUT2D eigenvalue weighted by molar-refractivity contribution is 0.174. The number of hydrogen-bond acceptors (Lipinski definition) is 1. The summed E-state index contributed by atoms with van der Waals surface area (Å²) in [7, 11) is 0. The Morgan fingerprint density at radius 2 is 1.83 bits per heavy atom. The van der Waals surface area contributed by atoms with Crippen LogP contribution in [0, 0.1) is 0 Å². The highest BCUT2D eigenvalue weighted by Gasteiger charge is 2.05. The number of hydrogen-bond donors (Lipinski definition) is 1. The number of benzene rings is 1. The first kappa shape index (κ1) is 9.85. The van der Waals surface area contributed by atoms with Gasteiger partial charge in [0, 0.05) is 10.9 Å². The van der Waals surface area contributed by atoms with Crippen molar-refractivity contribution in [2.45, 2.75) is 12.5 Å². The zero-order valence-electron chi connectivity index (χ0n) is 6.50. The first-order valence-electron chi connectivity index (χ1n) is 3.73. The Bertz CT molecular complexity index is 233. The van der Waals surface area contributed by atoms with Gasteiger partial charge >= 0.3 is 0 Å². The fourth-order valence-corrected chi connectivity index (χ4v) is 1.29. The molecule has 1 unspecified atom stereocenters. The lowest BCUT2D eigenvalue weighted by atomic mass is 10.1. The van der Waals surface area contributed by atoms with Crippen LogP contribution in [0.2, 0.25) is 5.02 Å².